The highest BCUT2D eigenvalue weighted by atomic mass is 16.4. The van der Waals surface area contributed by atoms with Crippen LogP contribution in [0.1, 0.15) is 5.56 Å². The van der Waals surface area contributed by atoms with Crippen molar-refractivity contribution in [2.75, 3.05) is 5.73 Å². The minimum atomic E-state index is -0.952. The molecular weight excluding hydrogens is 226 g/mol. The number of nitrogens with two attached hydrogens (primary N) is 1. The van der Waals surface area contributed by atoms with Gasteiger partial charge in [-0.1, -0.05) is 42.5 Å². The standard InChI is InChI=1S/C15H13NO2/c16-14-4-2-1-3-13(14)12-8-5-11(6-9-12)7-10-15(17)18/h1-10H,16H2,(H,17,18). The molecule has 0 radical (unpaired) electrons. The molecule has 2 rings (SSSR count). The number of nitrogen functional groups attached to an aromatic ring is 1. The second-order valence-corrected chi connectivity index (χ2v) is 3.88. The maximum Gasteiger partial charge on any atom is 0.328 e. The molecule has 2 aromatic carbocycles. The third kappa shape index (κ3) is 2.77. The number of rotatable bonds is 3. The van der Waals surface area contributed by atoms with E-state index < -0.39 is 5.97 Å². The van der Waals surface area contributed by atoms with E-state index in [0.29, 0.717) is 0 Å². The van der Waals surface area contributed by atoms with Gasteiger partial charge in [0.05, 0.1) is 0 Å². The number of carboxylic acid groups (broad SMARTS) is 1. The lowest BCUT2D eigenvalue weighted by Gasteiger charge is -2.05. The first kappa shape index (κ1) is 11.9. The van der Waals surface area contributed by atoms with Crippen molar-refractivity contribution < 1.29 is 9.90 Å². The summed E-state index contributed by atoms with van der Waals surface area (Å²) in [6.07, 6.45) is 2.67. The number of carbonyl (C=O) groups is 1. The first-order chi connectivity index (χ1) is 8.66. The molecular formula is C15H13NO2. The van der Waals surface area contributed by atoms with Gasteiger partial charge in [0.2, 0.25) is 0 Å². The zero-order chi connectivity index (χ0) is 13.0. The molecule has 2 aromatic rings. The molecule has 0 spiro atoms. The second kappa shape index (κ2) is 5.19. The molecule has 0 aromatic heterocycles. The summed E-state index contributed by atoms with van der Waals surface area (Å²) >= 11 is 0. The maximum absolute atomic E-state index is 10.4. The molecule has 0 aliphatic rings. The van der Waals surface area contributed by atoms with E-state index in [1.807, 2.05) is 48.5 Å². The maximum atomic E-state index is 10.4. The first-order valence-corrected chi connectivity index (χ1v) is 5.53. The highest BCUT2D eigenvalue weighted by molar-refractivity contribution is 5.85. The molecule has 0 bridgehead atoms. The molecule has 0 unspecified atom stereocenters. The Hall–Kier alpha value is -2.55. The van der Waals surface area contributed by atoms with Gasteiger partial charge in [-0.05, 0) is 23.3 Å². The molecule has 18 heavy (non-hydrogen) atoms. The number of anilines is 1. The summed E-state index contributed by atoms with van der Waals surface area (Å²) in [5, 5.41) is 8.54. The van der Waals surface area contributed by atoms with Gasteiger partial charge in [0.25, 0.3) is 0 Å². The van der Waals surface area contributed by atoms with Gasteiger partial charge in [-0.15, -0.1) is 0 Å². The predicted octanol–water partition coefficient (Wildman–Crippen LogP) is 3.03. The molecule has 0 atom stereocenters. The molecule has 3 heteroatoms. The van der Waals surface area contributed by atoms with E-state index in [4.69, 9.17) is 10.8 Å². The highest BCUT2D eigenvalue weighted by Crippen LogP contribution is 2.25. The Kier molecular flexibility index (Phi) is 3.44. The monoisotopic (exact) mass is 239 g/mol. The summed E-state index contributed by atoms with van der Waals surface area (Å²) in [5.41, 5.74) is 9.46. The van der Waals surface area contributed by atoms with Crippen LogP contribution in [0.25, 0.3) is 17.2 Å². The molecule has 0 saturated carbocycles. The van der Waals surface area contributed by atoms with E-state index >= 15 is 0 Å². The van der Waals surface area contributed by atoms with Crippen molar-refractivity contribution in [3.8, 4) is 11.1 Å². The van der Waals surface area contributed by atoms with E-state index in [1.54, 1.807) is 6.08 Å². The van der Waals surface area contributed by atoms with Crippen LogP contribution in [0.15, 0.2) is 54.6 Å². The Morgan fingerprint density at radius 3 is 2.33 bits per heavy atom. The average molecular weight is 239 g/mol. The van der Waals surface area contributed by atoms with Crippen molar-refractivity contribution in [3.63, 3.8) is 0 Å². The lowest BCUT2D eigenvalue weighted by atomic mass is 10.0. The average Bonchev–Trinajstić information content (AvgIpc) is 2.38. The number of benzene rings is 2. The van der Waals surface area contributed by atoms with E-state index in [-0.39, 0.29) is 0 Å². The molecule has 0 fully saturated rings. The summed E-state index contributed by atoms with van der Waals surface area (Å²) in [7, 11) is 0. The van der Waals surface area contributed by atoms with Gasteiger partial charge in [-0.2, -0.15) is 0 Å². The van der Waals surface area contributed by atoms with Gasteiger partial charge in [0.1, 0.15) is 0 Å². The summed E-state index contributed by atoms with van der Waals surface area (Å²) < 4.78 is 0. The van der Waals surface area contributed by atoms with Crippen LogP contribution < -0.4 is 5.73 Å². The Labute approximate surface area is 105 Å². The highest BCUT2D eigenvalue weighted by Gasteiger charge is 2.00. The van der Waals surface area contributed by atoms with E-state index in [9.17, 15) is 4.79 Å². The molecule has 0 amide bonds. The molecule has 90 valence electrons. The van der Waals surface area contributed by atoms with E-state index in [2.05, 4.69) is 0 Å². The predicted molar refractivity (Wildman–Crippen MR) is 73.0 cm³/mol. The fourth-order valence-electron chi connectivity index (χ4n) is 1.70. The Morgan fingerprint density at radius 1 is 1.06 bits per heavy atom. The van der Waals surface area contributed by atoms with Crippen molar-refractivity contribution in [1.29, 1.82) is 0 Å². The SMILES string of the molecule is Nc1ccccc1-c1ccc(C=CC(=O)O)cc1. The van der Waals surface area contributed by atoms with Gasteiger partial charge < -0.3 is 10.8 Å². The van der Waals surface area contributed by atoms with Crippen LogP contribution in [0, 0.1) is 0 Å². The number of carboxylic acids is 1. The minimum absolute atomic E-state index is 0.728. The van der Waals surface area contributed by atoms with Gasteiger partial charge in [-0.25, -0.2) is 4.79 Å². The zero-order valence-corrected chi connectivity index (χ0v) is 9.71. The number of hydrogen-bond acceptors (Lipinski definition) is 2. The molecule has 0 aliphatic heterocycles. The lowest BCUT2D eigenvalue weighted by molar-refractivity contribution is -0.131. The minimum Gasteiger partial charge on any atom is -0.478 e. The second-order valence-electron chi connectivity index (χ2n) is 3.88. The topological polar surface area (TPSA) is 63.3 Å². The van der Waals surface area contributed by atoms with Crippen molar-refractivity contribution in [3.05, 3.63) is 60.2 Å². The van der Waals surface area contributed by atoms with Crippen LogP contribution in [-0.4, -0.2) is 11.1 Å². The first-order valence-electron chi connectivity index (χ1n) is 5.53. The number of aliphatic carboxylic acids is 1. The quantitative estimate of drug-likeness (QED) is 0.639. The van der Waals surface area contributed by atoms with Crippen molar-refractivity contribution >= 4 is 17.7 Å². The molecule has 0 aliphatic carbocycles. The summed E-state index contributed by atoms with van der Waals surface area (Å²) in [5.74, 6) is -0.952. The van der Waals surface area contributed by atoms with Crippen LogP contribution in [-0.2, 0) is 4.79 Å². The van der Waals surface area contributed by atoms with Gasteiger partial charge in [-0.3, -0.25) is 0 Å². The summed E-state index contributed by atoms with van der Waals surface area (Å²) in [4.78, 5) is 10.4. The zero-order valence-electron chi connectivity index (χ0n) is 9.71. The van der Waals surface area contributed by atoms with Crippen LogP contribution in [0.5, 0.6) is 0 Å². The van der Waals surface area contributed by atoms with Crippen molar-refractivity contribution in [2.24, 2.45) is 0 Å². The van der Waals surface area contributed by atoms with E-state index in [1.165, 1.54) is 0 Å². The fraction of sp³-hybridized carbons (Fsp3) is 0. The van der Waals surface area contributed by atoms with Crippen LogP contribution in [0.2, 0.25) is 0 Å². The Bertz CT molecular complexity index is 586. The van der Waals surface area contributed by atoms with Crippen molar-refractivity contribution in [1.82, 2.24) is 0 Å². The van der Waals surface area contributed by atoms with Gasteiger partial charge >= 0.3 is 5.97 Å². The van der Waals surface area contributed by atoms with Crippen LogP contribution in [0.4, 0.5) is 5.69 Å². The number of para-hydroxylation sites is 1. The Morgan fingerprint density at radius 2 is 1.72 bits per heavy atom. The van der Waals surface area contributed by atoms with Gasteiger partial charge in [0.15, 0.2) is 0 Å². The van der Waals surface area contributed by atoms with Crippen molar-refractivity contribution in [2.45, 2.75) is 0 Å². The summed E-state index contributed by atoms with van der Waals surface area (Å²) in [6.45, 7) is 0. The Balaban J connectivity index is 2.28. The third-order valence-electron chi connectivity index (χ3n) is 2.60. The molecule has 3 N–H and O–H groups in total. The molecule has 3 nitrogen and oxygen atoms in total. The fourth-order valence-corrected chi connectivity index (χ4v) is 1.70. The third-order valence-corrected chi connectivity index (χ3v) is 2.60. The normalized spacial score (nSPS) is 10.7. The lowest BCUT2D eigenvalue weighted by Crippen LogP contribution is -1.89. The smallest absolute Gasteiger partial charge is 0.328 e. The van der Waals surface area contributed by atoms with E-state index in [0.717, 1.165) is 28.5 Å². The van der Waals surface area contributed by atoms with Gasteiger partial charge in [0, 0.05) is 17.3 Å². The van der Waals surface area contributed by atoms with Crippen LogP contribution in [0.3, 0.4) is 0 Å². The van der Waals surface area contributed by atoms with Crippen LogP contribution >= 0.6 is 0 Å². The molecule has 0 heterocycles. The largest absolute Gasteiger partial charge is 0.478 e. The molecule has 0 saturated heterocycles. The summed E-state index contributed by atoms with van der Waals surface area (Å²) in [6, 6.07) is 15.2. The number of hydrogen-bond donors (Lipinski definition) is 2.